The summed E-state index contributed by atoms with van der Waals surface area (Å²) in [6, 6.07) is 6.46. The molecular weight excluding hydrogens is 240 g/mol. The van der Waals surface area contributed by atoms with Gasteiger partial charge in [0.05, 0.1) is 13.2 Å². The number of nitrogens with zero attached hydrogens (tertiary/aromatic N) is 1. The molecule has 0 fully saturated rings. The average Bonchev–Trinajstić information content (AvgIpc) is 2.61. The normalized spacial score (nSPS) is 16.2. The average molecular weight is 264 g/mol. The Labute approximate surface area is 115 Å². The quantitative estimate of drug-likeness (QED) is 0.884. The summed E-state index contributed by atoms with van der Waals surface area (Å²) in [6.07, 6.45) is 1.96. The van der Waals surface area contributed by atoms with Gasteiger partial charge in [0.2, 0.25) is 0 Å². The van der Waals surface area contributed by atoms with Gasteiger partial charge in [-0.2, -0.15) is 0 Å². The Morgan fingerprint density at radius 3 is 2.74 bits per heavy atom. The molecule has 0 bridgehead atoms. The summed E-state index contributed by atoms with van der Waals surface area (Å²) >= 11 is 0. The van der Waals surface area contributed by atoms with E-state index in [1.165, 1.54) is 5.56 Å². The SMILES string of the molecule is CC(N)CCN(C)Cc1ccc2c(c1)OCCCO2. The molecule has 1 aliphatic rings. The monoisotopic (exact) mass is 264 g/mol. The minimum absolute atomic E-state index is 0.256. The Morgan fingerprint density at radius 2 is 2.00 bits per heavy atom. The van der Waals surface area contributed by atoms with Gasteiger partial charge < -0.3 is 20.1 Å². The van der Waals surface area contributed by atoms with Gasteiger partial charge in [0.25, 0.3) is 0 Å². The van der Waals surface area contributed by atoms with E-state index in [2.05, 4.69) is 24.1 Å². The highest BCUT2D eigenvalue weighted by Crippen LogP contribution is 2.30. The fourth-order valence-corrected chi connectivity index (χ4v) is 2.12. The first-order valence-electron chi connectivity index (χ1n) is 6.98. The van der Waals surface area contributed by atoms with Gasteiger partial charge in [-0.25, -0.2) is 0 Å². The number of ether oxygens (including phenoxy) is 2. The van der Waals surface area contributed by atoms with Gasteiger partial charge in [-0.3, -0.25) is 0 Å². The molecule has 4 nitrogen and oxygen atoms in total. The van der Waals surface area contributed by atoms with Gasteiger partial charge in [-0.15, -0.1) is 0 Å². The van der Waals surface area contributed by atoms with E-state index in [4.69, 9.17) is 15.2 Å². The molecule has 1 aliphatic heterocycles. The fraction of sp³-hybridized carbons (Fsp3) is 0.600. The second-order valence-corrected chi connectivity index (χ2v) is 5.34. The highest BCUT2D eigenvalue weighted by Gasteiger charge is 2.11. The lowest BCUT2D eigenvalue weighted by Gasteiger charge is -2.18. The molecule has 4 heteroatoms. The molecule has 1 aromatic rings. The predicted octanol–water partition coefficient (Wildman–Crippen LogP) is 2.02. The van der Waals surface area contributed by atoms with Crippen molar-refractivity contribution in [2.75, 3.05) is 26.8 Å². The summed E-state index contributed by atoms with van der Waals surface area (Å²) in [7, 11) is 2.12. The van der Waals surface area contributed by atoms with E-state index < -0.39 is 0 Å². The first-order chi connectivity index (χ1) is 9.15. The van der Waals surface area contributed by atoms with Gasteiger partial charge in [0.1, 0.15) is 0 Å². The van der Waals surface area contributed by atoms with Crippen LogP contribution < -0.4 is 15.2 Å². The highest BCUT2D eigenvalue weighted by molar-refractivity contribution is 5.43. The molecule has 1 atom stereocenters. The van der Waals surface area contributed by atoms with Crippen LogP contribution in [0.3, 0.4) is 0 Å². The molecule has 0 spiro atoms. The van der Waals surface area contributed by atoms with Crippen molar-refractivity contribution in [2.45, 2.75) is 32.4 Å². The Hall–Kier alpha value is -1.26. The molecule has 0 saturated heterocycles. The van der Waals surface area contributed by atoms with Gasteiger partial charge in [0.15, 0.2) is 11.5 Å². The zero-order chi connectivity index (χ0) is 13.7. The molecule has 1 heterocycles. The topological polar surface area (TPSA) is 47.7 Å². The third-order valence-electron chi connectivity index (χ3n) is 3.23. The number of hydrogen-bond acceptors (Lipinski definition) is 4. The molecule has 0 aromatic heterocycles. The van der Waals surface area contributed by atoms with Gasteiger partial charge in [-0.1, -0.05) is 6.07 Å². The van der Waals surface area contributed by atoms with E-state index in [0.717, 1.165) is 50.6 Å². The predicted molar refractivity (Wildman–Crippen MR) is 76.6 cm³/mol. The van der Waals surface area contributed by atoms with Crippen LogP contribution in [0, 0.1) is 0 Å². The third kappa shape index (κ3) is 4.40. The van der Waals surface area contributed by atoms with Crippen molar-refractivity contribution >= 4 is 0 Å². The Kier molecular flexibility index (Phi) is 5.05. The maximum absolute atomic E-state index is 5.78. The van der Waals surface area contributed by atoms with Crippen LogP contribution in [0.15, 0.2) is 18.2 Å². The van der Waals surface area contributed by atoms with Gasteiger partial charge >= 0.3 is 0 Å². The highest BCUT2D eigenvalue weighted by atomic mass is 16.5. The number of fused-ring (bicyclic) bond motifs is 1. The van der Waals surface area contributed by atoms with E-state index in [1.807, 2.05) is 13.0 Å². The van der Waals surface area contributed by atoms with E-state index in [0.29, 0.717) is 0 Å². The second-order valence-electron chi connectivity index (χ2n) is 5.34. The number of benzene rings is 1. The number of rotatable bonds is 5. The molecule has 0 saturated carbocycles. The van der Waals surface area contributed by atoms with Crippen molar-refractivity contribution in [1.82, 2.24) is 4.90 Å². The zero-order valence-corrected chi connectivity index (χ0v) is 11.9. The Balaban J connectivity index is 1.95. The van der Waals surface area contributed by atoms with E-state index >= 15 is 0 Å². The third-order valence-corrected chi connectivity index (χ3v) is 3.23. The minimum atomic E-state index is 0.256. The van der Waals surface area contributed by atoms with Crippen molar-refractivity contribution in [3.05, 3.63) is 23.8 Å². The molecule has 106 valence electrons. The zero-order valence-electron chi connectivity index (χ0n) is 11.9. The summed E-state index contributed by atoms with van der Waals surface area (Å²) in [5.41, 5.74) is 7.03. The Bertz CT molecular complexity index is 407. The summed E-state index contributed by atoms with van der Waals surface area (Å²) in [4.78, 5) is 2.28. The van der Waals surface area contributed by atoms with Crippen LogP contribution in [-0.4, -0.2) is 37.7 Å². The molecule has 2 N–H and O–H groups in total. The molecule has 0 radical (unpaired) electrons. The molecule has 2 rings (SSSR count). The molecule has 1 aromatic carbocycles. The minimum Gasteiger partial charge on any atom is -0.490 e. The van der Waals surface area contributed by atoms with Crippen LogP contribution in [-0.2, 0) is 6.54 Å². The number of hydrogen-bond donors (Lipinski definition) is 1. The first-order valence-corrected chi connectivity index (χ1v) is 6.98. The largest absolute Gasteiger partial charge is 0.490 e. The molecule has 1 unspecified atom stereocenters. The van der Waals surface area contributed by atoms with Crippen LogP contribution in [0.4, 0.5) is 0 Å². The van der Waals surface area contributed by atoms with Crippen LogP contribution in [0.25, 0.3) is 0 Å². The van der Waals surface area contributed by atoms with Crippen molar-refractivity contribution in [3.63, 3.8) is 0 Å². The number of nitrogens with two attached hydrogens (primary N) is 1. The van der Waals surface area contributed by atoms with Gasteiger partial charge in [0, 0.05) is 19.0 Å². The van der Waals surface area contributed by atoms with Crippen LogP contribution in [0.2, 0.25) is 0 Å². The maximum Gasteiger partial charge on any atom is 0.161 e. The molecule has 0 amide bonds. The lowest BCUT2D eigenvalue weighted by molar-refractivity contribution is 0.296. The van der Waals surface area contributed by atoms with Crippen molar-refractivity contribution < 1.29 is 9.47 Å². The summed E-state index contributed by atoms with van der Waals surface area (Å²) in [6.45, 7) is 5.43. The van der Waals surface area contributed by atoms with Crippen LogP contribution in [0.5, 0.6) is 11.5 Å². The maximum atomic E-state index is 5.78. The lowest BCUT2D eigenvalue weighted by atomic mass is 10.1. The van der Waals surface area contributed by atoms with Crippen molar-refractivity contribution in [2.24, 2.45) is 5.73 Å². The van der Waals surface area contributed by atoms with Crippen molar-refractivity contribution in [3.8, 4) is 11.5 Å². The van der Waals surface area contributed by atoms with Gasteiger partial charge in [-0.05, 0) is 44.6 Å². The first kappa shape index (κ1) is 14.2. The molecule has 0 aliphatic carbocycles. The van der Waals surface area contributed by atoms with Crippen molar-refractivity contribution in [1.29, 1.82) is 0 Å². The summed E-state index contributed by atoms with van der Waals surface area (Å²) < 4.78 is 11.3. The summed E-state index contributed by atoms with van der Waals surface area (Å²) in [5.74, 6) is 1.73. The standard InChI is InChI=1S/C15H24N2O2/c1-12(16)6-7-17(2)11-13-4-5-14-15(10-13)19-9-3-8-18-14/h4-5,10,12H,3,6-9,11,16H2,1-2H3. The van der Waals surface area contributed by atoms with E-state index in [1.54, 1.807) is 0 Å². The fourth-order valence-electron chi connectivity index (χ4n) is 2.12. The molecule has 19 heavy (non-hydrogen) atoms. The van der Waals surface area contributed by atoms with E-state index in [9.17, 15) is 0 Å². The van der Waals surface area contributed by atoms with E-state index in [-0.39, 0.29) is 6.04 Å². The lowest BCUT2D eigenvalue weighted by Crippen LogP contribution is -2.25. The smallest absolute Gasteiger partial charge is 0.161 e. The second kappa shape index (κ2) is 6.78. The Morgan fingerprint density at radius 1 is 1.26 bits per heavy atom. The summed E-state index contributed by atoms with van der Waals surface area (Å²) in [5, 5.41) is 0. The molecular formula is C15H24N2O2. The van der Waals surface area contributed by atoms with Crippen LogP contribution in [0.1, 0.15) is 25.3 Å². The van der Waals surface area contributed by atoms with Crippen LogP contribution >= 0.6 is 0 Å².